The van der Waals surface area contributed by atoms with Crippen molar-refractivity contribution in [2.45, 2.75) is 129 Å². The molecule has 2 aromatic heterocycles. The van der Waals surface area contributed by atoms with E-state index in [-0.39, 0.29) is 107 Å². The van der Waals surface area contributed by atoms with Crippen molar-refractivity contribution in [1.82, 2.24) is 9.13 Å². The van der Waals surface area contributed by atoms with Gasteiger partial charge in [-0.05, 0) is 139 Å². The Morgan fingerprint density at radius 1 is 0.455 bits per heavy atom. The van der Waals surface area contributed by atoms with Gasteiger partial charge in [-0.15, -0.1) is 0 Å². The van der Waals surface area contributed by atoms with E-state index in [2.05, 4.69) is 10.6 Å². The number of aliphatic hydroxyl groups excluding tert-OH is 6. The number of aliphatic carboxylic acids is 2. The summed E-state index contributed by atoms with van der Waals surface area (Å²) in [5.41, 5.74) is 9.43. The normalized spacial score (nSPS) is 12.7. The summed E-state index contributed by atoms with van der Waals surface area (Å²) in [5.74, 6) is -4.41. The van der Waals surface area contributed by atoms with Gasteiger partial charge in [-0.1, -0.05) is 125 Å². The van der Waals surface area contributed by atoms with E-state index in [1.165, 1.54) is 31.2 Å². The van der Waals surface area contributed by atoms with Crippen molar-refractivity contribution < 1.29 is 68.8 Å². The number of carboxylic acids is 2. The summed E-state index contributed by atoms with van der Waals surface area (Å²) in [7, 11) is 0. The molecule has 0 fully saturated rings. The minimum absolute atomic E-state index is 0. The molecule has 8 N–H and O–H groups in total. The molecule has 0 radical (unpaired) electrons. The fourth-order valence-corrected chi connectivity index (χ4v) is 10.4. The Kier molecular flexibility index (Phi) is 28.4. The predicted octanol–water partition coefficient (Wildman–Crippen LogP) is 8.94. The number of rotatable bonds is 25. The molecule has 0 aliphatic carbocycles. The number of nitrogens with one attached hydrogen (secondary N) is 2. The van der Waals surface area contributed by atoms with Crippen LogP contribution in [0.15, 0.2) is 170 Å². The summed E-state index contributed by atoms with van der Waals surface area (Å²) < 4.78 is 32.0. The minimum atomic E-state index is -1.39. The number of nitrogens with zero attached hydrogens (tertiary/aromatic N) is 2. The van der Waals surface area contributed by atoms with Crippen LogP contribution in [-0.4, -0.2) is 138 Å². The van der Waals surface area contributed by atoms with Crippen LogP contribution >= 0.6 is 0 Å². The molecule has 0 saturated heterocycles. The first-order chi connectivity index (χ1) is 41.6. The Hall–Kier alpha value is -7.36. The summed E-state index contributed by atoms with van der Waals surface area (Å²) in [6.07, 6.45) is -6.10. The number of hydrogen-bond donors (Lipinski definition) is 8. The maximum atomic E-state index is 14.0. The van der Waals surface area contributed by atoms with Gasteiger partial charge in [0, 0.05) is 71.8 Å². The standard InChI is InChI=1S/2C33H35FN2O5.C3H8O2.Ca/c2*1-21(2)31-30(33(41)35-25-11-7-4-8-12-25)29(22-9-5-3-6-10-22)32(23-13-15-24(34)16-14-23)36(31)18-17-26(37)19-27(38)20-28(39)40;1-3(5)2-4;/h2*3-16,21,26-27,37-38H,17-20H2,1-2H3,(H,35,41)(H,39,40);3-5H,2H2,1H3;/q;;;+2/p-2/t2*26-,27-;3-;/m111./s1. The first-order valence-corrected chi connectivity index (χ1v) is 28.9. The molecule has 2 amide bonds. The molecule has 460 valence electrons. The number of hydrogen-bond acceptors (Lipinski definition) is 12. The molecular formula is C69H76CaF2N4O12. The van der Waals surface area contributed by atoms with Gasteiger partial charge in [-0.25, -0.2) is 8.78 Å². The van der Waals surface area contributed by atoms with Crippen LogP contribution in [0.4, 0.5) is 20.2 Å². The molecule has 16 nitrogen and oxygen atoms in total. The van der Waals surface area contributed by atoms with Crippen LogP contribution in [0.5, 0.6) is 0 Å². The average molecular weight is 1230 g/mol. The van der Waals surface area contributed by atoms with Crippen molar-refractivity contribution in [3.63, 3.8) is 0 Å². The molecule has 8 aromatic rings. The van der Waals surface area contributed by atoms with Gasteiger partial charge in [-0.3, -0.25) is 9.59 Å². The Labute approximate surface area is 541 Å². The summed E-state index contributed by atoms with van der Waals surface area (Å²) in [4.78, 5) is 49.8. The molecule has 0 aliphatic rings. The van der Waals surface area contributed by atoms with E-state index in [0.717, 1.165) is 22.5 Å². The number of para-hydroxylation sites is 2. The van der Waals surface area contributed by atoms with Crippen molar-refractivity contribution in [1.29, 1.82) is 0 Å². The molecule has 0 bridgehead atoms. The third-order valence-corrected chi connectivity index (χ3v) is 14.1. The van der Waals surface area contributed by atoms with Crippen molar-refractivity contribution in [3.05, 3.63) is 204 Å². The summed E-state index contributed by atoms with van der Waals surface area (Å²) in [6.45, 7) is 9.83. The van der Waals surface area contributed by atoms with E-state index in [1.54, 1.807) is 48.5 Å². The number of halogens is 2. The van der Waals surface area contributed by atoms with E-state index in [0.29, 0.717) is 56.1 Å². The molecule has 19 heteroatoms. The topological polar surface area (TPSA) is 270 Å². The van der Waals surface area contributed by atoms with Gasteiger partial charge in [0.2, 0.25) is 0 Å². The zero-order valence-electron chi connectivity index (χ0n) is 50.1. The van der Waals surface area contributed by atoms with E-state index in [1.807, 2.05) is 134 Å². The van der Waals surface area contributed by atoms with Gasteiger partial charge < -0.3 is 70.2 Å². The van der Waals surface area contributed by atoms with Crippen molar-refractivity contribution in [2.75, 3.05) is 17.2 Å². The first-order valence-electron chi connectivity index (χ1n) is 28.9. The largest absolute Gasteiger partial charge is 2.00 e. The second-order valence-corrected chi connectivity index (χ2v) is 21.8. The number of aromatic nitrogens is 2. The second-order valence-electron chi connectivity index (χ2n) is 21.8. The molecule has 8 rings (SSSR count). The van der Waals surface area contributed by atoms with Gasteiger partial charge in [-0.2, -0.15) is 0 Å². The van der Waals surface area contributed by atoms with E-state index < -0.39 is 66.9 Å². The number of amides is 2. The Morgan fingerprint density at radius 3 is 1.02 bits per heavy atom. The smallest absolute Gasteiger partial charge is 0.550 e. The number of carbonyl (C=O) groups excluding carboxylic acids is 4. The fourth-order valence-electron chi connectivity index (χ4n) is 10.4. The number of benzene rings is 6. The molecule has 0 unspecified atom stereocenters. The van der Waals surface area contributed by atoms with Gasteiger partial charge in [0.25, 0.3) is 11.8 Å². The minimum Gasteiger partial charge on any atom is -0.550 e. The van der Waals surface area contributed by atoms with Gasteiger partial charge >= 0.3 is 37.7 Å². The van der Waals surface area contributed by atoms with E-state index in [9.17, 15) is 58.6 Å². The van der Waals surface area contributed by atoms with Crippen molar-refractivity contribution in [3.8, 4) is 44.8 Å². The number of anilines is 2. The summed E-state index contributed by atoms with van der Waals surface area (Å²) in [6, 6.07) is 49.4. The zero-order valence-corrected chi connectivity index (χ0v) is 52.3. The predicted molar refractivity (Wildman–Crippen MR) is 334 cm³/mol. The number of aliphatic hydroxyl groups is 6. The van der Waals surface area contributed by atoms with Crippen LogP contribution in [0, 0.1) is 11.6 Å². The molecule has 0 saturated carbocycles. The van der Waals surface area contributed by atoms with Crippen LogP contribution in [-0.2, 0) is 22.7 Å². The quantitative estimate of drug-likeness (QED) is 0.0249. The fraction of sp³-hybridized carbons (Fsp3) is 0.304. The molecule has 0 spiro atoms. The molecule has 88 heavy (non-hydrogen) atoms. The third-order valence-electron chi connectivity index (χ3n) is 14.1. The molecular weight excluding hydrogens is 1150 g/mol. The van der Waals surface area contributed by atoms with Gasteiger partial charge in [0.15, 0.2) is 0 Å². The van der Waals surface area contributed by atoms with E-state index >= 15 is 0 Å². The summed E-state index contributed by atoms with van der Waals surface area (Å²) in [5, 5.41) is 85.2. The first kappa shape index (κ1) is 71.4. The SMILES string of the molecule is CC(C)c1c(C(=O)Nc2ccccc2)c(-c2ccccc2)c(-c2ccc(F)cc2)n1CC[C@@H](O)C[C@@H](O)CC(=O)[O-].CC(C)c1c(C(=O)Nc2ccccc2)c(-c2ccccc2)c(-c2ccc(F)cc2)n1CC[C@@H](O)C[C@@H](O)CC(=O)[O-].C[C@@H](O)CO.[Ca+2]. The maximum absolute atomic E-state index is 14.0. The Balaban J connectivity index is 0.000000294. The molecule has 6 aromatic carbocycles. The Bertz CT molecular complexity index is 3250. The third kappa shape index (κ3) is 20.3. The van der Waals surface area contributed by atoms with Crippen LogP contribution < -0.4 is 20.8 Å². The van der Waals surface area contributed by atoms with Gasteiger partial charge in [0.05, 0.1) is 59.6 Å². The molecule has 5 atom stereocenters. The van der Waals surface area contributed by atoms with Crippen LogP contribution in [0.3, 0.4) is 0 Å². The zero-order chi connectivity index (χ0) is 63.3. The maximum Gasteiger partial charge on any atom is 2.00 e. The average Bonchev–Trinajstić information content (AvgIpc) is 1.61. The Morgan fingerprint density at radius 2 is 0.750 bits per heavy atom. The summed E-state index contributed by atoms with van der Waals surface area (Å²) >= 11 is 0. The van der Waals surface area contributed by atoms with Crippen molar-refractivity contribution in [2.24, 2.45) is 0 Å². The van der Waals surface area contributed by atoms with Crippen LogP contribution in [0.25, 0.3) is 44.8 Å². The monoisotopic (exact) mass is 1230 g/mol. The molecule has 0 aliphatic heterocycles. The van der Waals surface area contributed by atoms with Crippen LogP contribution in [0.1, 0.15) is 117 Å². The van der Waals surface area contributed by atoms with Gasteiger partial charge in [0.1, 0.15) is 11.6 Å². The number of carbonyl (C=O) groups is 4. The van der Waals surface area contributed by atoms with Crippen LogP contribution in [0.2, 0.25) is 0 Å². The van der Waals surface area contributed by atoms with Crippen molar-refractivity contribution >= 4 is 72.9 Å². The number of carboxylic acid groups (broad SMARTS) is 2. The second kappa shape index (κ2) is 35.0. The van der Waals surface area contributed by atoms with E-state index in [4.69, 9.17) is 10.2 Å². The molecule has 2 heterocycles.